The highest BCUT2D eigenvalue weighted by Gasteiger charge is 2.34. The van der Waals surface area contributed by atoms with Gasteiger partial charge >= 0.3 is 0 Å². The molecule has 1 aliphatic rings. The number of ketones is 1. The molecule has 1 heterocycles. The Morgan fingerprint density at radius 2 is 1.50 bits per heavy atom. The molecule has 32 heavy (non-hydrogen) atoms. The zero-order valence-electron chi connectivity index (χ0n) is 18.7. The number of amides is 1. The van der Waals surface area contributed by atoms with Crippen LogP contribution in [0.3, 0.4) is 0 Å². The quantitative estimate of drug-likeness (QED) is 0.593. The Morgan fingerprint density at radius 3 is 2.09 bits per heavy atom. The third kappa shape index (κ3) is 5.06. The number of carbonyl (C=O) groups excluding carboxylic acids is 2. The van der Waals surface area contributed by atoms with Gasteiger partial charge in [-0.2, -0.15) is 0 Å². The van der Waals surface area contributed by atoms with Crippen LogP contribution < -0.4 is 15.1 Å². The molecule has 1 saturated heterocycles. The zero-order valence-corrected chi connectivity index (χ0v) is 18.7. The van der Waals surface area contributed by atoms with E-state index in [2.05, 4.69) is 10.2 Å². The van der Waals surface area contributed by atoms with Crippen molar-refractivity contribution >= 4 is 23.1 Å². The Hall–Kier alpha value is -3.44. The van der Waals surface area contributed by atoms with Gasteiger partial charge in [-0.15, -0.1) is 0 Å². The highest BCUT2D eigenvalue weighted by molar-refractivity contribution is 5.95. The lowest BCUT2D eigenvalue weighted by Gasteiger charge is -2.37. The fourth-order valence-corrected chi connectivity index (χ4v) is 4.32. The molecule has 0 aliphatic carbocycles. The Balaban J connectivity index is 1.48. The van der Waals surface area contributed by atoms with Crippen LogP contribution in [0.4, 0.5) is 11.4 Å². The van der Waals surface area contributed by atoms with Crippen molar-refractivity contribution in [1.82, 2.24) is 0 Å². The van der Waals surface area contributed by atoms with E-state index in [0.717, 1.165) is 48.7 Å². The van der Waals surface area contributed by atoms with Crippen molar-refractivity contribution in [3.63, 3.8) is 0 Å². The van der Waals surface area contributed by atoms with Crippen molar-refractivity contribution < 1.29 is 14.5 Å². The second-order valence-electron chi connectivity index (χ2n) is 8.45. The number of benzene rings is 3. The number of hydrogen-bond acceptors (Lipinski definition) is 3. The van der Waals surface area contributed by atoms with Crippen LogP contribution in [-0.2, 0) is 4.79 Å². The van der Waals surface area contributed by atoms with Crippen LogP contribution in [0, 0.1) is 6.92 Å². The minimum Gasteiger partial charge on any atom is -0.360 e. The third-order valence-corrected chi connectivity index (χ3v) is 6.17. The average Bonchev–Trinajstić information content (AvgIpc) is 2.82. The first kappa shape index (κ1) is 21.8. The molecule has 0 spiro atoms. The molecule has 5 heteroatoms. The van der Waals surface area contributed by atoms with Gasteiger partial charge in [0, 0.05) is 22.5 Å². The van der Waals surface area contributed by atoms with Crippen LogP contribution in [0.25, 0.3) is 0 Å². The van der Waals surface area contributed by atoms with Crippen LogP contribution >= 0.6 is 0 Å². The van der Waals surface area contributed by atoms with E-state index >= 15 is 0 Å². The van der Waals surface area contributed by atoms with Crippen molar-refractivity contribution in [2.24, 2.45) is 0 Å². The summed E-state index contributed by atoms with van der Waals surface area (Å²) < 4.78 is 0. The van der Waals surface area contributed by atoms with Crippen LogP contribution in [0.1, 0.15) is 34.5 Å². The third-order valence-electron chi connectivity index (χ3n) is 6.17. The predicted octanol–water partition coefficient (Wildman–Crippen LogP) is 3.28. The fourth-order valence-electron chi connectivity index (χ4n) is 4.32. The molecule has 1 aliphatic heterocycles. The summed E-state index contributed by atoms with van der Waals surface area (Å²) in [5, 5.41) is 3.12. The van der Waals surface area contributed by atoms with Crippen molar-refractivity contribution in [2.45, 2.75) is 19.9 Å². The summed E-state index contributed by atoms with van der Waals surface area (Å²) in [5.41, 5.74) is 4.88. The maximum atomic E-state index is 13.4. The SMILES string of the molecule is CC(=O)c1ccc(N2CC[NH+]([C@@H](C(=O)Nc3ccc(C)cc3)c3ccccc3)CC2)cc1. The second kappa shape index (κ2) is 9.79. The van der Waals surface area contributed by atoms with Crippen molar-refractivity contribution in [2.75, 3.05) is 36.4 Å². The number of nitrogens with one attached hydrogen (secondary N) is 2. The minimum atomic E-state index is -0.264. The van der Waals surface area contributed by atoms with E-state index in [0.29, 0.717) is 0 Å². The van der Waals surface area contributed by atoms with Crippen LogP contribution in [-0.4, -0.2) is 37.9 Å². The second-order valence-corrected chi connectivity index (χ2v) is 8.45. The highest BCUT2D eigenvalue weighted by atomic mass is 16.2. The lowest BCUT2D eigenvalue weighted by Crippen LogP contribution is -3.16. The maximum Gasteiger partial charge on any atom is 0.287 e. The van der Waals surface area contributed by atoms with E-state index in [-0.39, 0.29) is 17.7 Å². The highest BCUT2D eigenvalue weighted by Crippen LogP contribution is 2.18. The topological polar surface area (TPSA) is 53.9 Å². The molecule has 5 nitrogen and oxygen atoms in total. The Morgan fingerprint density at radius 1 is 0.875 bits per heavy atom. The summed E-state index contributed by atoms with van der Waals surface area (Å²) >= 11 is 0. The minimum absolute atomic E-state index is 0.0225. The molecule has 0 bridgehead atoms. The Kier molecular flexibility index (Phi) is 6.66. The standard InChI is InChI=1S/C27H29N3O2/c1-20-8-12-24(13-9-20)28-27(32)26(23-6-4-3-5-7-23)30-18-16-29(17-19-30)25-14-10-22(11-15-25)21(2)31/h3-15,26H,16-19H2,1-2H3,(H,28,32)/p+1/t26-/m1/s1. The Bertz CT molecular complexity index is 1050. The molecule has 164 valence electrons. The van der Waals surface area contributed by atoms with E-state index in [1.165, 1.54) is 10.5 Å². The summed E-state index contributed by atoms with van der Waals surface area (Å²) in [6.45, 7) is 7.05. The first-order valence-corrected chi connectivity index (χ1v) is 11.1. The van der Waals surface area contributed by atoms with Gasteiger partial charge in [0.05, 0.1) is 26.2 Å². The van der Waals surface area contributed by atoms with Gasteiger partial charge in [-0.3, -0.25) is 9.59 Å². The smallest absolute Gasteiger partial charge is 0.287 e. The number of hydrogen-bond donors (Lipinski definition) is 2. The number of quaternary nitrogens is 1. The van der Waals surface area contributed by atoms with Crippen LogP contribution in [0.5, 0.6) is 0 Å². The maximum absolute atomic E-state index is 13.4. The monoisotopic (exact) mass is 428 g/mol. The molecule has 3 aromatic rings. The van der Waals surface area contributed by atoms with Crippen LogP contribution in [0.2, 0.25) is 0 Å². The first-order valence-electron chi connectivity index (χ1n) is 11.1. The van der Waals surface area contributed by atoms with Gasteiger partial charge in [-0.1, -0.05) is 48.0 Å². The van der Waals surface area contributed by atoms with E-state index in [1.54, 1.807) is 6.92 Å². The number of rotatable bonds is 6. The molecular formula is C27H30N3O2+. The molecule has 0 radical (unpaired) electrons. The largest absolute Gasteiger partial charge is 0.360 e. The van der Waals surface area contributed by atoms with E-state index in [1.807, 2.05) is 85.8 Å². The fraction of sp³-hybridized carbons (Fsp3) is 0.259. The summed E-state index contributed by atoms with van der Waals surface area (Å²) in [7, 11) is 0. The lowest BCUT2D eigenvalue weighted by atomic mass is 10.0. The number of anilines is 2. The molecule has 1 amide bonds. The van der Waals surface area contributed by atoms with Gasteiger partial charge in [-0.05, 0) is 50.2 Å². The number of Topliss-reactive ketones (excluding diaryl/α,β-unsaturated/α-hetero) is 1. The molecule has 3 aromatic carbocycles. The van der Waals surface area contributed by atoms with Crippen molar-refractivity contribution in [3.8, 4) is 0 Å². The summed E-state index contributed by atoms with van der Waals surface area (Å²) in [5.74, 6) is 0.102. The van der Waals surface area contributed by atoms with E-state index in [9.17, 15) is 9.59 Å². The molecule has 4 rings (SSSR count). The van der Waals surface area contributed by atoms with Crippen molar-refractivity contribution in [1.29, 1.82) is 0 Å². The summed E-state index contributed by atoms with van der Waals surface area (Å²) in [4.78, 5) is 28.5. The molecule has 1 fully saturated rings. The molecule has 0 unspecified atom stereocenters. The molecule has 1 atom stereocenters. The molecule has 0 saturated carbocycles. The average molecular weight is 429 g/mol. The Labute approximate surface area is 189 Å². The van der Waals surface area contributed by atoms with Gasteiger partial charge in [0.2, 0.25) is 0 Å². The van der Waals surface area contributed by atoms with Gasteiger partial charge in [0.15, 0.2) is 11.8 Å². The van der Waals surface area contributed by atoms with Gasteiger partial charge in [0.1, 0.15) is 0 Å². The van der Waals surface area contributed by atoms with Gasteiger partial charge in [-0.25, -0.2) is 0 Å². The molecule has 2 N–H and O–H groups in total. The van der Waals surface area contributed by atoms with Crippen LogP contribution in [0.15, 0.2) is 78.9 Å². The number of aryl methyl sites for hydroxylation is 1. The summed E-state index contributed by atoms with van der Waals surface area (Å²) in [6, 6.07) is 25.5. The molecular weight excluding hydrogens is 398 g/mol. The first-order chi connectivity index (χ1) is 15.5. The normalized spacial score (nSPS) is 15.2. The van der Waals surface area contributed by atoms with Gasteiger partial charge in [0.25, 0.3) is 5.91 Å². The number of piperazine rings is 1. The van der Waals surface area contributed by atoms with E-state index < -0.39 is 0 Å². The van der Waals surface area contributed by atoms with E-state index in [4.69, 9.17) is 0 Å². The van der Waals surface area contributed by atoms with Crippen molar-refractivity contribution in [3.05, 3.63) is 95.6 Å². The lowest BCUT2D eigenvalue weighted by molar-refractivity contribution is -0.922. The predicted molar refractivity (Wildman–Crippen MR) is 128 cm³/mol. The zero-order chi connectivity index (χ0) is 22.5. The summed E-state index contributed by atoms with van der Waals surface area (Å²) in [6.07, 6.45) is 0. The number of nitrogens with zero attached hydrogens (tertiary/aromatic N) is 1. The molecule has 0 aromatic heterocycles. The van der Waals surface area contributed by atoms with Gasteiger partial charge < -0.3 is 15.1 Å². The number of carbonyl (C=O) groups is 2.